The van der Waals surface area contributed by atoms with Gasteiger partial charge in [-0.1, -0.05) is 71.6 Å². The summed E-state index contributed by atoms with van der Waals surface area (Å²) in [5.41, 5.74) is 0. The molecule has 0 radical (unpaired) electrons. The van der Waals surface area contributed by atoms with Crippen LogP contribution in [0.3, 0.4) is 0 Å². The average molecular weight is 332 g/mol. The number of nitrogens with zero attached hydrogens (tertiary/aromatic N) is 1. The van der Waals surface area contributed by atoms with E-state index >= 15 is 0 Å². The molecule has 1 atom stereocenters. The minimum atomic E-state index is -2.99. The van der Waals surface area contributed by atoms with Crippen LogP contribution in [0.25, 0.3) is 0 Å². The highest BCUT2D eigenvalue weighted by Crippen LogP contribution is 2.19. The predicted molar refractivity (Wildman–Crippen MR) is 95.6 cm³/mol. The van der Waals surface area contributed by atoms with Gasteiger partial charge in [0.1, 0.15) is 0 Å². The molecule has 0 aliphatic carbocycles. The number of rotatable bonds is 12. The summed E-state index contributed by atoms with van der Waals surface area (Å²) in [5, 5.41) is 0. The molecule has 1 unspecified atom stereocenters. The van der Waals surface area contributed by atoms with E-state index in [-0.39, 0.29) is 0 Å². The molecule has 0 amide bonds. The summed E-state index contributed by atoms with van der Waals surface area (Å²) in [6.07, 6.45) is 14.7. The number of hydrogen-bond acceptors (Lipinski definition) is 2. The standard InChI is InChI=1S/C18H37NO2S/c1-3-4-5-6-7-8-9-10-11-12-16-22(20,21)19-15-13-14-18(2)17-19/h18H,3-17H2,1-2H3. The first-order valence-corrected chi connectivity index (χ1v) is 11.1. The molecule has 1 rings (SSSR count). The predicted octanol–water partition coefficient (Wildman–Crippen LogP) is 4.97. The van der Waals surface area contributed by atoms with Crippen molar-refractivity contribution in [2.45, 2.75) is 90.9 Å². The number of sulfonamides is 1. The Labute approximate surface area is 138 Å². The minimum Gasteiger partial charge on any atom is -0.212 e. The highest BCUT2D eigenvalue weighted by molar-refractivity contribution is 7.89. The normalized spacial score (nSPS) is 20.4. The number of unbranched alkanes of at least 4 members (excludes halogenated alkanes) is 9. The molecule has 4 heteroatoms. The van der Waals surface area contributed by atoms with E-state index in [0.717, 1.165) is 32.4 Å². The van der Waals surface area contributed by atoms with E-state index < -0.39 is 10.0 Å². The lowest BCUT2D eigenvalue weighted by atomic mass is 10.0. The van der Waals surface area contributed by atoms with Crippen molar-refractivity contribution in [3.63, 3.8) is 0 Å². The van der Waals surface area contributed by atoms with Gasteiger partial charge in [0, 0.05) is 13.1 Å². The summed E-state index contributed by atoms with van der Waals surface area (Å²) in [6, 6.07) is 0. The van der Waals surface area contributed by atoms with Crippen LogP contribution >= 0.6 is 0 Å². The van der Waals surface area contributed by atoms with Gasteiger partial charge < -0.3 is 0 Å². The quantitative estimate of drug-likeness (QED) is 0.473. The van der Waals surface area contributed by atoms with Crippen LogP contribution in [0.2, 0.25) is 0 Å². The molecule has 0 aromatic heterocycles. The number of piperidine rings is 1. The molecule has 1 saturated heterocycles. The fourth-order valence-electron chi connectivity index (χ4n) is 3.30. The van der Waals surface area contributed by atoms with Gasteiger partial charge >= 0.3 is 0 Å². The summed E-state index contributed by atoms with van der Waals surface area (Å²) in [7, 11) is -2.99. The molecule has 3 nitrogen and oxygen atoms in total. The second-order valence-corrected chi connectivity index (χ2v) is 9.19. The molecule has 132 valence electrons. The minimum absolute atomic E-state index is 0.357. The first-order chi connectivity index (χ1) is 10.6. The Kier molecular flexibility index (Phi) is 10.4. The van der Waals surface area contributed by atoms with E-state index in [1.54, 1.807) is 4.31 Å². The monoisotopic (exact) mass is 331 g/mol. The van der Waals surface area contributed by atoms with Gasteiger partial charge in [-0.3, -0.25) is 0 Å². The first kappa shape index (κ1) is 20.0. The lowest BCUT2D eigenvalue weighted by Gasteiger charge is -2.30. The average Bonchev–Trinajstić information content (AvgIpc) is 2.49. The van der Waals surface area contributed by atoms with Crippen molar-refractivity contribution in [2.75, 3.05) is 18.8 Å². The van der Waals surface area contributed by atoms with Crippen molar-refractivity contribution in [1.29, 1.82) is 0 Å². The van der Waals surface area contributed by atoms with Crippen molar-refractivity contribution in [3.05, 3.63) is 0 Å². The third-order valence-corrected chi connectivity index (χ3v) is 6.69. The molecule has 0 N–H and O–H groups in total. The van der Waals surface area contributed by atoms with E-state index in [2.05, 4.69) is 13.8 Å². The maximum Gasteiger partial charge on any atom is 0.214 e. The van der Waals surface area contributed by atoms with Gasteiger partial charge in [-0.25, -0.2) is 12.7 Å². The molecule has 0 saturated carbocycles. The van der Waals surface area contributed by atoms with Crippen molar-refractivity contribution >= 4 is 10.0 Å². The molecule has 1 heterocycles. The molecule has 22 heavy (non-hydrogen) atoms. The Morgan fingerprint density at radius 2 is 1.45 bits per heavy atom. The summed E-state index contributed by atoms with van der Waals surface area (Å²) in [4.78, 5) is 0. The van der Waals surface area contributed by atoms with Crippen LogP contribution in [0.1, 0.15) is 90.9 Å². The molecule has 1 fully saturated rings. The molecule has 0 aromatic rings. The largest absolute Gasteiger partial charge is 0.214 e. The van der Waals surface area contributed by atoms with E-state index in [1.165, 1.54) is 57.8 Å². The van der Waals surface area contributed by atoms with E-state index in [4.69, 9.17) is 0 Å². The van der Waals surface area contributed by atoms with Gasteiger partial charge in [0.05, 0.1) is 5.75 Å². The van der Waals surface area contributed by atoms with Gasteiger partial charge in [-0.2, -0.15) is 0 Å². The van der Waals surface area contributed by atoms with Crippen LogP contribution in [0, 0.1) is 5.92 Å². The highest BCUT2D eigenvalue weighted by Gasteiger charge is 2.26. The zero-order valence-corrected chi connectivity index (χ0v) is 15.7. The van der Waals surface area contributed by atoms with Gasteiger partial charge in [-0.15, -0.1) is 0 Å². The maximum absolute atomic E-state index is 12.3. The van der Waals surface area contributed by atoms with Crippen LogP contribution in [0.5, 0.6) is 0 Å². The molecular formula is C18H37NO2S. The van der Waals surface area contributed by atoms with Crippen molar-refractivity contribution < 1.29 is 8.42 Å². The smallest absolute Gasteiger partial charge is 0.212 e. The fraction of sp³-hybridized carbons (Fsp3) is 1.00. The van der Waals surface area contributed by atoms with Crippen LogP contribution in [-0.2, 0) is 10.0 Å². The van der Waals surface area contributed by atoms with E-state index in [0.29, 0.717) is 11.7 Å². The Morgan fingerprint density at radius 3 is 2.00 bits per heavy atom. The second kappa shape index (κ2) is 11.4. The SMILES string of the molecule is CCCCCCCCCCCCS(=O)(=O)N1CCCC(C)C1. The third-order valence-electron chi connectivity index (χ3n) is 4.77. The summed E-state index contributed by atoms with van der Waals surface area (Å²) in [6.45, 7) is 5.88. The van der Waals surface area contributed by atoms with Crippen LogP contribution in [0.4, 0.5) is 0 Å². The second-order valence-electron chi connectivity index (χ2n) is 7.10. The maximum atomic E-state index is 12.3. The van der Waals surface area contributed by atoms with Gasteiger partial charge in [0.2, 0.25) is 10.0 Å². The van der Waals surface area contributed by atoms with Crippen molar-refractivity contribution in [1.82, 2.24) is 4.31 Å². The Balaban J connectivity index is 2.01. The van der Waals surface area contributed by atoms with Crippen LogP contribution in [-0.4, -0.2) is 31.6 Å². The highest BCUT2D eigenvalue weighted by atomic mass is 32.2. The molecule has 0 spiro atoms. The van der Waals surface area contributed by atoms with Crippen LogP contribution in [0.15, 0.2) is 0 Å². The summed E-state index contributed by atoms with van der Waals surface area (Å²) < 4.78 is 26.3. The molecular weight excluding hydrogens is 294 g/mol. The van der Waals surface area contributed by atoms with Crippen LogP contribution < -0.4 is 0 Å². The summed E-state index contributed by atoms with van der Waals surface area (Å²) >= 11 is 0. The molecule has 1 aliphatic heterocycles. The zero-order valence-electron chi connectivity index (χ0n) is 14.9. The first-order valence-electron chi connectivity index (χ1n) is 9.54. The zero-order chi connectivity index (χ0) is 16.3. The lowest BCUT2D eigenvalue weighted by molar-refractivity contribution is 0.281. The van der Waals surface area contributed by atoms with Gasteiger partial charge in [0.25, 0.3) is 0 Å². The van der Waals surface area contributed by atoms with Gasteiger partial charge in [-0.05, 0) is 25.2 Å². The van der Waals surface area contributed by atoms with E-state index in [1.807, 2.05) is 0 Å². The lowest BCUT2D eigenvalue weighted by Crippen LogP contribution is -2.40. The Morgan fingerprint density at radius 1 is 0.909 bits per heavy atom. The van der Waals surface area contributed by atoms with Crippen molar-refractivity contribution in [2.24, 2.45) is 5.92 Å². The molecule has 0 aromatic carbocycles. The Bertz CT molecular complexity index is 367. The molecule has 0 bridgehead atoms. The summed E-state index contributed by atoms with van der Waals surface area (Å²) in [5.74, 6) is 0.882. The van der Waals surface area contributed by atoms with Crippen molar-refractivity contribution in [3.8, 4) is 0 Å². The number of hydrogen-bond donors (Lipinski definition) is 0. The Hall–Kier alpha value is -0.0900. The topological polar surface area (TPSA) is 37.4 Å². The van der Waals surface area contributed by atoms with Gasteiger partial charge in [0.15, 0.2) is 0 Å². The fourth-order valence-corrected chi connectivity index (χ4v) is 5.02. The van der Waals surface area contributed by atoms with E-state index in [9.17, 15) is 8.42 Å². The molecule has 1 aliphatic rings. The third kappa shape index (κ3) is 8.52.